The Balaban J connectivity index is 2.51. The summed E-state index contributed by atoms with van der Waals surface area (Å²) in [5, 5.41) is 3.97. The van der Waals surface area contributed by atoms with Crippen LogP contribution in [0, 0.1) is 0 Å². The van der Waals surface area contributed by atoms with E-state index in [4.69, 9.17) is 4.74 Å². The molecule has 0 aliphatic heterocycles. The van der Waals surface area contributed by atoms with Crippen molar-refractivity contribution in [2.24, 2.45) is 7.05 Å². The van der Waals surface area contributed by atoms with E-state index < -0.39 is 11.7 Å². The van der Waals surface area contributed by atoms with E-state index in [0.717, 1.165) is 18.3 Å². The Morgan fingerprint density at radius 2 is 2.06 bits per heavy atom. The Bertz CT molecular complexity index is 563. The zero-order valence-electron chi connectivity index (χ0n) is 9.69. The molecule has 0 aromatic carbocycles. The standard InChI is InChI=1S/C11H10F3N3O/c1-17-6-8(10(16-17)18-2)9-5-7(3-4-15-9)11(12,13)14/h3-6H,1-2H3. The van der Waals surface area contributed by atoms with Gasteiger partial charge in [0.05, 0.1) is 23.9 Å². The molecule has 0 aliphatic rings. The molecule has 0 saturated heterocycles. The highest BCUT2D eigenvalue weighted by molar-refractivity contribution is 5.64. The molecule has 0 radical (unpaired) electrons. The van der Waals surface area contributed by atoms with Gasteiger partial charge in [-0.25, -0.2) is 0 Å². The van der Waals surface area contributed by atoms with Gasteiger partial charge < -0.3 is 4.74 Å². The minimum atomic E-state index is -4.40. The van der Waals surface area contributed by atoms with Crippen molar-refractivity contribution in [3.05, 3.63) is 30.1 Å². The minimum Gasteiger partial charge on any atom is -0.479 e. The Labute approximate surface area is 101 Å². The van der Waals surface area contributed by atoms with Crippen LogP contribution in [0.15, 0.2) is 24.5 Å². The first-order valence-electron chi connectivity index (χ1n) is 5.03. The number of hydrogen-bond acceptors (Lipinski definition) is 3. The lowest BCUT2D eigenvalue weighted by Gasteiger charge is -2.07. The van der Waals surface area contributed by atoms with E-state index in [1.807, 2.05) is 0 Å². The molecule has 0 bridgehead atoms. The van der Waals surface area contributed by atoms with Crippen molar-refractivity contribution in [2.75, 3.05) is 7.11 Å². The van der Waals surface area contributed by atoms with Crippen molar-refractivity contribution in [3.8, 4) is 17.1 Å². The smallest absolute Gasteiger partial charge is 0.416 e. The van der Waals surface area contributed by atoms with Crippen molar-refractivity contribution in [1.82, 2.24) is 14.8 Å². The third-order valence-corrected chi connectivity index (χ3v) is 2.35. The van der Waals surface area contributed by atoms with Crippen molar-refractivity contribution >= 4 is 0 Å². The van der Waals surface area contributed by atoms with Crippen LogP contribution in [0.1, 0.15) is 5.56 Å². The van der Waals surface area contributed by atoms with Crippen LogP contribution in [0.25, 0.3) is 11.3 Å². The number of ether oxygens (including phenoxy) is 1. The normalized spacial score (nSPS) is 11.6. The molecule has 0 unspecified atom stereocenters. The summed E-state index contributed by atoms with van der Waals surface area (Å²) in [6.45, 7) is 0. The maximum Gasteiger partial charge on any atom is 0.416 e. The summed E-state index contributed by atoms with van der Waals surface area (Å²) in [6.07, 6.45) is -1.72. The quantitative estimate of drug-likeness (QED) is 0.829. The van der Waals surface area contributed by atoms with Gasteiger partial charge in [0.15, 0.2) is 0 Å². The second-order valence-corrected chi connectivity index (χ2v) is 3.65. The molecule has 0 spiro atoms. The summed E-state index contributed by atoms with van der Waals surface area (Å²) >= 11 is 0. The highest BCUT2D eigenvalue weighted by Crippen LogP contribution is 2.33. The zero-order chi connectivity index (χ0) is 13.3. The van der Waals surface area contributed by atoms with Crippen molar-refractivity contribution in [3.63, 3.8) is 0 Å². The van der Waals surface area contributed by atoms with Gasteiger partial charge in [-0.3, -0.25) is 9.67 Å². The molecule has 0 N–H and O–H groups in total. The van der Waals surface area contributed by atoms with Gasteiger partial charge in [0.25, 0.3) is 0 Å². The number of halogens is 3. The zero-order valence-corrected chi connectivity index (χ0v) is 9.69. The SMILES string of the molecule is COc1nn(C)cc1-c1cc(C(F)(F)F)ccn1. The molecule has 0 atom stereocenters. The molecule has 96 valence electrons. The first kappa shape index (κ1) is 12.4. The van der Waals surface area contributed by atoms with Crippen molar-refractivity contribution < 1.29 is 17.9 Å². The van der Waals surface area contributed by atoms with Crippen LogP contribution in [0.2, 0.25) is 0 Å². The van der Waals surface area contributed by atoms with E-state index in [2.05, 4.69) is 10.1 Å². The summed E-state index contributed by atoms with van der Waals surface area (Å²) in [5.41, 5.74) is -0.153. The van der Waals surface area contributed by atoms with Gasteiger partial charge in [-0.05, 0) is 12.1 Å². The third kappa shape index (κ3) is 2.29. The summed E-state index contributed by atoms with van der Waals surface area (Å²) in [7, 11) is 3.05. The Kier molecular flexibility index (Phi) is 2.98. The van der Waals surface area contributed by atoms with Crippen molar-refractivity contribution in [1.29, 1.82) is 0 Å². The molecule has 2 aromatic rings. The summed E-state index contributed by atoms with van der Waals surface area (Å²) < 4.78 is 44.2. The molecule has 0 saturated carbocycles. The Hall–Kier alpha value is -2.05. The molecule has 2 aromatic heterocycles. The molecular formula is C11H10F3N3O. The number of alkyl halides is 3. The molecule has 18 heavy (non-hydrogen) atoms. The molecule has 4 nitrogen and oxygen atoms in total. The van der Waals surface area contributed by atoms with Gasteiger partial charge in [-0.2, -0.15) is 13.2 Å². The second kappa shape index (κ2) is 4.32. The fraction of sp³-hybridized carbons (Fsp3) is 0.273. The number of nitrogens with zero attached hydrogens (tertiary/aromatic N) is 3. The number of hydrogen-bond donors (Lipinski definition) is 0. The van der Waals surface area contributed by atoms with E-state index in [-0.39, 0.29) is 11.6 Å². The van der Waals surface area contributed by atoms with E-state index in [0.29, 0.717) is 5.56 Å². The first-order chi connectivity index (χ1) is 8.41. The largest absolute Gasteiger partial charge is 0.479 e. The first-order valence-corrected chi connectivity index (χ1v) is 5.03. The highest BCUT2D eigenvalue weighted by atomic mass is 19.4. The lowest BCUT2D eigenvalue weighted by molar-refractivity contribution is -0.137. The van der Waals surface area contributed by atoms with Crippen LogP contribution in [0.5, 0.6) is 5.88 Å². The molecule has 7 heteroatoms. The topological polar surface area (TPSA) is 39.9 Å². The molecule has 0 aliphatic carbocycles. The van der Waals surface area contributed by atoms with Gasteiger partial charge in [-0.15, -0.1) is 5.10 Å². The average Bonchev–Trinajstić information content (AvgIpc) is 2.69. The number of aromatic nitrogens is 3. The number of pyridine rings is 1. The summed E-state index contributed by atoms with van der Waals surface area (Å²) in [4.78, 5) is 3.91. The van der Waals surface area contributed by atoms with E-state index in [1.165, 1.54) is 11.8 Å². The molecule has 2 heterocycles. The number of aryl methyl sites for hydroxylation is 1. The lowest BCUT2D eigenvalue weighted by atomic mass is 10.1. The number of rotatable bonds is 2. The monoisotopic (exact) mass is 257 g/mol. The van der Waals surface area contributed by atoms with Crippen LogP contribution in [-0.4, -0.2) is 21.9 Å². The third-order valence-electron chi connectivity index (χ3n) is 2.35. The van der Waals surface area contributed by atoms with Gasteiger partial charge >= 0.3 is 6.18 Å². The predicted octanol–water partition coefficient (Wildman–Crippen LogP) is 2.51. The van der Waals surface area contributed by atoms with Gasteiger partial charge in [0, 0.05) is 19.4 Å². The number of methoxy groups -OCH3 is 1. The van der Waals surface area contributed by atoms with Crippen LogP contribution < -0.4 is 4.74 Å². The van der Waals surface area contributed by atoms with E-state index >= 15 is 0 Å². The van der Waals surface area contributed by atoms with Gasteiger partial charge in [0.1, 0.15) is 0 Å². The van der Waals surface area contributed by atoms with E-state index in [9.17, 15) is 13.2 Å². The maximum atomic E-state index is 12.6. The fourth-order valence-electron chi connectivity index (χ4n) is 1.55. The van der Waals surface area contributed by atoms with Crippen LogP contribution in [0.4, 0.5) is 13.2 Å². The fourth-order valence-corrected chi connectivity index (χ4v) is 1.55. The summed E-state index contributed by atoms with van der Waals surface area (Å²) in [5.74, 6) is 0.240. The molecule has 0 fully saturated rings. The van der Waals surface area contributed by atoms with Crippen LogP contribution in [-0.2, 0) is 13.2 Å². The van der Waals surface area contributed by atoms with E-state index in [1.54, 1.807) is 13.2 Å². The lowest BCUT2D eigenvalue weighted by Crippen LogP contribution is -2.05. The maximum absolute atomic E-state index is 12.6. The summed E-state index contributed by atoms with van der Waals surface area (Å²) in [6, 6.07) is 1.89. The predicted molar refractivity (Wildman–Crippen MR) is 58.0 cm³/mol. The molecule has 2 rings (SSSR count). The van der Waals surface area contributed by atoms with Gasteiger partial charge in [0.2, 0.25) is 5.88 Å². The van der Waals surface area contributed by atoms with Crippen molar-refractivity contribution in [2.45, 2.75) is 6.18 Å². The average molecular weight is 257 g/mol. The molecule has 0 amide bonds. The molecular weight excluding hydrogens is 247 g/mol. The van der Waals surface area contributed by atoms with Gasteiger partial charge in [-0.1, -0.05) is 0 Å². The highest BCUT2D eigenvalue weighted by Gasteiger charge is 2.31. The Morgan fingerprint density at radius 3 is 2.67 bits per heavy atom. The Morgan fingerprint density at radius 1 is 1.33 bits per heavy atom. The second-order valence-electron chi connectivity index (χ2n) is 3.65. The van der Waals surface area contributed by atoms with Crippen LogP contribution >= 0.6 is 0 Å². The van der Waals surface area contributed by atoms with Crippen LogP contribution in [0.3, 0.4) is 0 Å². The minimum absolute atomic E-state index is 0.176.